The highest BCUT2D eigenvalue weighted by atomic mass is 16.3. The summed E-state index contributed by atoms with van der Waals surface area (Å²) in [6, 6.07) is 0.328. The van der Waals surface area contributed by atoms with Gasteiger partial charge in [-0.3, -0.25) is 0 Å². The molecule has 3 nitrogen and oxygen atoms in total. The highest BCUT2D eigenvalue weighted by molar-refractivity contribution is 4.79. The van der Waals surface area contributed by atoms with E-state index < -0.39 is 0 Å². The minimum absolute atomic E-state index is 0.278. The highest BCUT2D eigenvalue weighted by Crippen LogP contribution is 2.15. The summed E-state index contributed by atoms with van der Waals surface area (Å²) >= 11 is 0. The van der Waals surface area contributed by atoms with Crippen molar-refractivity contribution in [3.63, 3.8) is 0 Å². The van der Waals surface area contributed by atoms with E-state index in [1.807, 2.05) is 0 Å². The van der Waals surface area contributed by atoms with Gasteiger partial charge >= 0.3 is 0 Å². The molecule has 0 spiro atoms. The van der Waals surface area contributed by atoms with Gasteiger partial charge in [0.2, 0.25) is 0 Å². The number of hydrogen-bond acceptors (Lipinski definition) is 3. The Balaban J connectivity index is 2.32. The number of nitrogens with two attached hydrogens (primary N) is 1. The van der Waals surface area contributed by atoms with Crippen LogP contribution in [0.25, 0.3) is 0 Å². The maximum Gasteiger partial charge on any atom is 0.0468 e. The molecule has 0 amide bonds. The van der Waals surface area contributed by atoms with E-state index >= 15 is 0 Å². The molecule has 0 saturated carbocycles. The molecule has 0 aliphatic carbocycles. The van der Waals surface area contributed by atoms with E-state index in [1.54, 1.807) is 0 Å². The van der Waals surface area contributed by atoms with E-state index in [0.717, 1.165) is 26.1 Å². The number of rotatable bonds is 3. The van der Waals surface area contributed by atoms with E-state index in [1.165, 1.54) is 0 Å². The van der Waals surface area contributed by atoms with Gasteiger partial charge in [0.1, 0.15) is 0 Å². The third kappa shape index (κ3) is 3.63. The molecule has 1 saturated heterocycles. The average Bonchev–Trinajstić information content (AvgIpc) is 2.02. The van der Waals surface area contributed by atoms with E-state index in [-0.39, 0.29) is 6.61 Å². The number of hydrogen-bond donors (Lipinski definition) is 2. The maximum absolute atomic E-state index is 8.94. The van der Waals surface area contributed by atoms with Gasteiger partial charge in [-0.15, -0.1) is 0 Å². The lowest BCUT2D eigenvalue weighted by Crippen LogP contribution is -2.47. The van der Waals surface area contributed by atoms with Crippen molar-refractivity contribution in [1.29, 1.82) is 0 Å². The van der Waals surface area contributed by atoms with Crippen molar-refractivity contribution < 1.29 is 5.11 Å². The molecule has 1 aliphatic heterocycles. The fourth-order valence-corrected chi connectivity index (χ4v) is 2.16. The van der Waals surface area contributed by atoms with Crippen LogP contribution < -0.4 is 5.73 Å². The normalized spacial score (nSPS) is 33.2. The molecule has 1 aliphatic rings. The molecular formula is C10H22N2O. The Morgan fingerprint density at radius 3 is 2.77 bits per heavy atom. The third-order valence-electron chi connectivity index (χ3n) is 2.65. The number of aliphatic hydroxyl groups is 1. The number of piperidine rings is 1. The molecule has 1 fully saturated rings. The molecule has 3 atom stereocenters. The van der Waals surface area contributed by atoms with Crippen LogP contribution in [-0.2, 0) is 0 Å². The molecule has 3 unspecified atom stereocenters. The SMILES string of the molecule is CC(CO)CN1CC(C)CC(N)C1. The van der Waals surface area contributed by atoms with Crippen LogP contribution in [0.15, 0.2) is 0 Å². The molecule has 0 radical (unpaired) electrons. The second kappa shape index (κ2) is 4.94. The van der Waals surface area contributed by atoms with Gasteiger partial charge < -0.3 is 15.7 Å². The number of nitrogens with zero attached hydrogens (tertiary/aromatic N) is 1. The first kappa shape index (κ1) is 11.0. The molecule has 0 aromatic heterocycles. The molecular weight excluding hydrogens is 164 g/mol. The zero-order valence-corrected chi connectivity index (χ0v) is 8.74. The first-order valence-corrected chi connectivity index (χ1v) is 5.20. The second-order valence-electron chi connectivity index (χ2n) is 4.61. The van der Waals surface area contributed by atoms with Crippen LogP contribution in [0.2, 0.25) is 0 Å². The first-order chi connectivity index (χ1) is 6.11. The van der Waals surface area contributed by atoms with E-state index in [4.69, 9.17) is 10.8 Å². The molecule has 0 bridgehead atoms. The van der Waals surface area contributed by atoms with Gasteiger partial charge in [0.25, 0.3) is 0 Å². The Morgan fingerprint density at radius 2 is 2.23 bits per heavy atom. The summed E-state index contributed by atoms with van der Waals surface area (Å²) in [5, 5.41) is 8.94. The van der Waals surface area contributed by atoms with Gasteiger partial charge in [0.05, 0.1) is 0 Å². The first-order valence-electron chi connectivity index (χ1n) is 5.20. The van der Waals surface area contributed by atoms with Gasteiger partial charge in [0.15, 0.2) is 0 Å². The van der Waals surface area contributed by atoms with Crippen LogP contribution in [0.3, 0.4) is 0 Å². The lowest BCUT2D eigenvalue weighted by Gasteiger charge is -2.35. The van der Waals surface area contributed by atoms with Gasteiger partial charge in [-0.05, 0) is 18.3 Å². The Hall–Kier alpha value is -0.120. The molecule has 3 heteroatoms. The average molecular weight is 186 g/mol. The van der Waals surface area contributed by atoms with Crippen molar-refractivity contribution in [1.82, 2.24) is 4.90 Å². The zero-order chi connectivity index (χ0) is 9.84. The summed E-state index contributed by atoms with van der Waals surface area (Å²) < 4.78 is 0. The van der Waals surface area contributed by atoms with Gasteiger partial charge in [-0.1, -0.05) is 13.8 Å². The minimum Gasteiger partial charge on any atom is -0.396 e. The van der Waals surface area contributed by atoms with Crippen molar-refractivity contribution in [3.05, 3.63) is 0 Å². The lowest BCUT2D eigenvalue weighted by atomic mass is 9.96. The fourth-order valence-electron chi connectivity index (χ4n) is 2.16. The zero-order valence-electron chi connectivity index (χ0n) is 8.74. The van der Waals surface area contributed by atoms with Crippen LogP contribution in [0, 0.1) is 11.8 Å². The number of likely N-dealkylation sites (tertiary alicyclic amines) is 1. The van der Waals surface area contributed by atoms with Crippen LogP contribution in [0.4, 0.5) is 0 Å². The molecule has 1 heterocycles. The predicted molar refractivity (Wildman–Crippen MR) is 54.4 cm³/mol. The topological polar surface area (TPSA) is 49.5 Å². The largest absolute Gasteiger partial charge is 0.396 e. The quantitative estimate of drug-likeness (QED) is 0.666. The highest BCUT2D eigenvalue weighted by Gasteiger charge is 2.22. The Kier molecular flexibility index (Phi) is 4.16. The van der Waals surface area contributed by atoms with Crippen molar-refractivity contribution in [2.75, 3.05) is 26.2 Å². The van der Waals surface area contributed by atoms with Crippen molar-refractivity contribution >= 4 is 0 Å². The van der Waals surface area contributed by atoms with Gasteiger partial charge in [-0.25, -0.2) is 0 Å². The molecule has 3 N–H and O–H groups in total. The Bertz CT molecular complexity index is 142. The smallest absolute Gasteiger partial charge is 0.0468 e. The molecule has 0 aromatic carbocycles. The van der Waals surface area contributed by atoms with E-state index in [9.17, 15) is 0 Å². The van der Waals surface area contributed by atoms with E-state index in [2.05, 4.69) is 18.7 Å². The summed E-state index contributed by atoms with van der Waals surface area (Å²) in [7, 11) is 0. The van der Waals surface area contributed by atoms with Crippen LogP contribution >= 0.6 is 0 Å². The lowest BCUT2D eigenvalue weighted by molar-refractivity contribution is 0.122. The van der Waals surface area contributed by atoms with E-state index in [0.29, 0.717) is 17.9 Å². The Morgan fingerprint density at radius 1 is 1.54 bits per heavy atom. The molecule has 0 aromatic rings. The standard InChI is InChI=1S/C10H22N2O/c1-8-3-10(11)6-12(4-8)5-9(2)7-13/h8-10,13H,3-7,11H2,1-2H3. The summed E-state index contributed by atoms with van der Waals surface area (Å²) in [5.74, 6) is 1.08. The summed E-state index contributed by atoms with van der Waals surface area (Å²) in [6.07, 6.45) is 1.14. The Labute approximate surface area is 80.9 Å². The third-order valence-corrected chi connectivity index (χ3v) is 2.65. The van der Waals surface area contributed by atoms with Crippen molar-refractivity contribution in [2.45, 2.75) is 26.3 Å². The predicted octanol–water partition coefficient (Wildman–Crippen LogP) is 0.284. The summed E-state index contributed by atoms with van der Waals surface area (Å²) in [6.45, 7) is 7.71. The van der Waals surface area contributed by atoms with Crippen LogP contribution in [-0.4, -0.2) is 42.3 Å². The second-order valence-corrected chi connectivity index (χ2v) is 4.61. The summed E-state index contributed by atoms with van der Waals surface area (Å²) in [4.78, 5) is 2.37. The fraction of sp³-hybridized carbons (Fsp3) is 1.00. The monoisotopic (exact) mass is 186 g/mol. The van der Waals surface area contributed by atoms with Crippen LogP contribution in [0.5, 0.6) is 0 Å². The summed E-state index contributed by atoms with van der Waals surface area (Å²) in [5.41, 5.74) is 5.93. The van der Waals surface area contributed by atoms with Crippen LogP contribution in [0.1, 0.15) is 20.3 Å². The minimum atomic E-state index is 0.278. The molecule has 13 heavy (non-hydrogen) atoms. The number of aliphatic hydroxyl groups excluding tert-OH is 1. The van der Waals surface area contributed by atoms with Crippen molar-refractivity contribution in [2.24, 2.45) is 17.6 Å². The van der Waals surface area contributed by atoms with Gasteiger partial charge in [-0.2, -0.15) is 0 Å². The maximum atomic E-state index is 8.94. The van der Waals surface area contributed by atoms with Crippen molar-refractivity contribution in [3.8, 4) is 0 Å². The van der Waals surface area contributed by atoms with Gasteiger partial charge in [0, 0.05) is 32.3 Å². The molecule has 78 valence electrons. The molecule has 1 rings (SSSR count).